The number of amides is 1. The molecule has 0 aliphatic rings. The molecule has 116 valence electrons. The average molecular weight is 301 g/mol. The van der Waals surface area contributed by atoms with Crippen molar-refractivity contribution in [1.29, 1.82) is 5.26 Å². The molecule has 0 bridgehead atoms. The van der Waals surface area contributed by atoms with Gasteiger partial charge < -0.3 is 10.2 Å². The molecular formula is C14H19N7O. The fraction of sp³-hybridized carbons (Fsp3) is 0.500. The highest BCUT2D eigenvalue weighted by Gasteiger charge is 2.15. The number of hydrogen-bond donors (Lipinski definition) is 1. The van der Waals surface area contributed by atoms with Crippen molar-refractivity contribution in [2.45, 2.75) is 32.9 Å². The largest absolute Gasteiger partial charge is 0.352 e. The predicted molar refractivity (Wildman–Crippen MR) is 82.1 cm³/mol. The van der Waals surface area contributed by atoms with Crippen LogP contribution in [-0.4, -0.2) is 45.3 Å². The summed E-state index contributed by atoms with van der Waals surface area (Å²) in [6, 6.07) is 2.18. The van der Waals surface area contributed by atoms with E-state index in [1.807, 2.05) is 13.8 Å². The molecule has 2 heterocycles. The zero-order valence-electron chi connectivity index (χ0n) is 12.9. The number of hydrogen-bond acceptors (Lipinski definition) is 6. The number of nitrogens with one attached hydrogen (secondary N) is 1. The van der Waals surface area contributed by atoms with Crippen molar-refractivity contribution in [3.8, 4) is 6.07 Å². The monoisotopic (exact) mass is 301 g/mol. The molecule has 8 nitrogen and oxygen atoms in total. The van der Waals surface area contributed by atoms with Gasteiger partial charge in [-0.25, -0.2) is 14.6 Å². The lowest BCUT2D eigenvalue weighted by atomic mass is 10.3. The van der Waals surface area contributed by atoms with Crippen LogP contribution in [0.25, 0.3) is 11.0 Å². The Labute approximate surface area is 128 Å². The summed E-state index contributed by atoms with van der Waals surface area (Å²) in [5.74, 6) is 0.577. The molecule has 0 fully saturated rings. The van der Waals surface area contributed by atoms with E-state index >= 15 is 0 Å². The number of nitriles is 1. The van der Waals surface area contributed by atoms with E-state index in [9.17, 15) is 4.79 Å². The van der Waals surface area contributed by atoms with Gasteiger partial charge in [-0.05, 0) is 13.8 Å². The number of rotatable bonds is 6. The summed E-state index contributed by atoms with van der Waals surface area (Å²) in [6.07, 6.45) is 3.47. The van der Waals surface area contributed by atoms with Gasteiger partial charge in [0.2, 0.25) is 5.91 Å². The molecule has 8 heteroatoms. The topological polar surface area (TPSA) is 99.7 Å². The molecule has 2 aromatic rings. The third-order valence-corrected chi connectivity index (χ3v) is 3.04. The summed E-state index contributed by atoms with van der Waals surface area (Å²) in [5.41, 5.74) is 0.663. The van der Waals surface area contributed by atoms with Crippen LogP contribution in [0.4, 0.5) is 5.82 Å². The van der Waals surface area contributed by atoms with Gasteiger partial charge in [0.1, 0.15) is 12.1 Å². The van der Waals surface area contributed by atoms with E-state index in [1.165, 1.54) is 6.33 Å². The van der Waals surface area contributed by atoms with E-state index in [1.54, 1.807) is 22.8 Å². The first kappa shape index (κ1) is 15.7. The molecule has 0 aromatic carbocycles. The molecule has 1 N–H and O–H groups in total. The summed E-state index contributed by atoms with van der Waals surface area (Å²) >= 11 is 0. The van der Waals surface area contributed by atoms with Crippen LogP contribution in [0.3, 0.4) is 0 Å². The first-order valence-corrected chi connectivity index (χ1v) is 7.07. The van der Waals surface area contributed by atoms with Crippen molar-refractivity contribution in [1.82, 2.24) is 25.1 Å². The van der Waals surface area contributed by atoms with Crippen LogP contribution in [0.1, 0.15) is 20.3 Å². The second-order valence-electron chi connectivity index (χ2n) is 5.29. The third-order valence-electron chi connectivity index (χ3n) is 3.04. The Bertz CT molecular complexity index is 701. The number of carbonyl (C=O) groups excluding carboxylic acids is 1. The molecule has 0 aliphatic carbocycles. The fourth-order valence-electron chi connectivity index (χ4n) is 2.16. The SMILES string of the molecule is CC(C)NC(=O)CN(C)c1ncnc2c1cnn2CCC#N. The van der Waals surface area contributed by atoms with E-state index in [2.05, 4.69) is 26.5 Å². The summed E-state index contributed by atoms with van der Waals surface area (Å²) < 4.78 is 1.67. The molecule has 0 unspecified atom stereocenters. The zero-order chi connectivity index (χ0) is 16.1. The van der Waals surface area contributed by atoms with Crippen LogP contribution < -0.4 is 10.2 Å². The molecule has 0 atom stereocenters. The Balaban J connectivity index is 2.22. The molecule has 22 heavy (non-hydrogen) atoms. The van der Waals surface area contributed by atoms with E-state index in [-0.39, 0.29) is 18.5 Å². The quantitative estimate of drug-likeness (QED) is 0.843. The Morgan fingerprint density at radius 3 is 2.95 bits per heavy atom. The Morgan fingerprint density at radius 2 is 2.27 bits per heavy atom. The summed E-state index contributed by atoms with van der Waals surface area (Å²) in [5, 5.41) is 16.5. The van der Waals surface area contributed by atoms with Gasteiger partial charge in [-0.3, -0.25) is 4.79 Å². The standard InChI is InChI=1S/C14H19N7O/c1-10(2)19-12(22)8-20(3)13-11-7-18-21(6-4-5-15)14(11)17-9-16-13/h7,9-10H,4,6,8H2,1-3H3,(H,19,22). The first-order chi connectivity index (χ1) is 10.5. The molecule has 2 rings (SSSR count). The third kappa shape index (κ3) is 3.49. The van der Waals surface area contributed by atoms with Gasteiger partial charge in [0.15, 0.2) is 5.65 Å². The lowest BCUT2D eigenvalue weighted by Crippen LogP contribution is -2.38. The minimum atomic E-state index is -0.0684. The van der Waals surface area contributed by atoms with Gasteiger partial charge >= 0.3 is 0 Å². The highest BCUT2D eigenvalue weighted by Crippen LogP contribution is 2.21. The smallest absolute Gasteiger partial charge is 0.239 e. The fourth-order valence-corrected chi connectivity index (χ4v) is 2.16. The lowest BCUT2D eigenvalue weighted by molar-refractivity contribution is -0.120. The molecule has 0 saturated heterocycles. The Kier molecular flexibility index (Phi) is 4.88. The van der Waals surface area contributed by atoms with Crippen molar-refractivity contribution >= 4 is 22.8 Å². The van der Waals surface area contributed by atoms with Crippen molar-refractivity contribution in [3.05, 3.63) is 12.5 Å². The lowest BCUT2D eigenvalue weighted by Gasteiger charge is -2.19. The minimum Gasteiger partial charge on any atom is -0.352 e. The molecule has 0 spiro atoms. The van der Waals surface area contributed by atoms with E-state index in [4.69, 9.17) is 5.26 Å². The van der Waals surface area contributed by atoms with Gasteiger partial charge in [0.25, 0.3) is 0 Å². The van der Waals surface area contributed by atoms with Crippen LogP contribution in [-0.2, 0) is 11.3 Å². The number of aryl methyl sites for hydroxylation is 1. The zero-order valence-corrected chi connectivity index (χ0v) is 12.9. The number of likely N-dealkylation sites (N-methyl/N-ethyl adjacent to an activating group) is 1. The Morgan fingerprint density at radius 1 is 1.50 bits per heavy atom. The van der Waals surface area contributed by atoms with E-state index < -0.39 is 0 Å². The number of carbonyl (C=O) groups is 1. The summed E-state index contributed by atoms with van der Waals surface area (Å²) in [7, 11) is 1.80. The van der Waals surface area contributed by atoms with E-state index in [0.29, 0.717) is 24.4 Å². The number of aromatic nitrogens is 4. The van der Waals surface area contributed by atoms with Gasteiger partial charge in [-0.1, -0.05) is 0 Å². The van der Waals surface area contributed by atoms with Gasteiger partial charge in [-0.2, -0.15) is 10.4 Å². The van der Waals surface area contributed by atoms with Gasteiger partial charge in [0.05, 0.1) is 37.2 Å². The number of fused-ring (bicyclic) bond motifs is 1. The van der Waals surface area contributed by atoms with Crippen molar-refractivity contribution in [2.75, 3.05) is 18.5 Å². The molecule has 1 amide bonds. The highest BCUT2D eigenvalue weighted by molar-refractivity contribution is 5.89. The van der Waals surface area contributed by atoms with Crippen LogP contribution in [0.5, 0.6) is 0 Å². The maximum absolute atomic E-state index is 11.9. The van der Waals surface area contributed by atoms with Crippen molar-refractivity contribution < 1.29 is 4.79 Å². The van der Waals surface area contributed by atoms with Gasteiger partial charge in [-0.15, -0.1) is 0 Å². The average Bonchev–Trinajstić information content (AvgIpc) is 2.87. The van der Waals surface area contributed by atoms with Crippen LogP contribution in [0.15, 0.2) is 12.5 Å². The molecule has 2 aromatic heterocycles. The molecule has 0 aliphatic heterocycles. The van der Waals surface area contributed by atoms with E-state index in [0.717, 1.165) is 5.39 Å². The normalized spacial score (nSPS) is 10.7. The van der Waals surface area contributed by atoms with Crippen molar-refractivity contribution in [3.63, 3.8) is 0 Å². The minimum absolute atomic E-state index is 0.0684. The van der Waals surface area contributed by atoms with Crippen LogP contribution in [0, 0.1) is 11.3 Å². The maximum atomic E-state index is 11.9. The second-order valence-corrected chi connectivity index (χ2v) is 5.29. The maximum Gasteiger partial charge on any atom is 0.239 e. The first-order valence-electron chi connectivity index (χ1n) is 7.07. The van der Waals surface area contributed by atoms with Crippen LogP contribution in [0.2, 0.25) is 0 Å². The van der Waals surface area contributed by atoms with Crippen LogP contribution >= 0.6 is 0 Å². The predicted octanol–water partition coefficient (Wildman–Crippen LogP) is 0.701. The number of anilines is 1. The summed E-state index contributed by atoms with van der Waals surface area (Å²) in [6.45, 7) is 4.52. The van der Waals surface area contributed by atoms with Gasteiger partial charge in [0, 0.05) is 13.1 Å². The number of nitrogens with zero attached hydrogens (tertiary/aromatic N) is 6. The van der Waals surface area contributed by atoms with Crippen molar-refractivity contribution in [2.24, 2.45) is 0 Å². The Hall–Kier alpha value is -2.69. The molecular weight excluding hydrogens is 282 g/mol. The highest BCUT2D eigenvalue weighted by atomic mass is 16.2. The molecule has 0 saturated carbocycles. The molecule has 0 radical (unpaired) electrons. The second kappa shape index (κ2) is 6.85. The summed E-state index contributed by atoms with van der Waals surface area (Å²) in [4.78, 5) is 22.1.